The molecule has 0 saturated heterocycles. The Balaban J connectivity index is 1.99. The van der Waals surface area contributed by atoms with Crippen LogP contribution in [0, 0.1) is 6.92 Å². The fraction of sp³-hybridized carbons (Fsp3) is 0.100. The monoisotopic (exact) mass is 316 g/mol. The second kappa shape index (κ2) is 5.49. The summed E-state index contributed by atoms with van der Waals surface area (Å²) in [5, 5.41) is 1.96. The van der Waals surface area contributed by atoms with Crippen LogP contribution in [0.1, 0.15) is 15.9 Å². The zero-order valence-corrected chi connectivity index (χ0v) is 13.5. The zero-order chi connectivity index (χ0) is 16.7. The van der Waals surface area contributed by atoms with E-state index in [1.165, 1.54) is 7.11 Å². The van der Waals surface area contributed by atoms with Crippen molar-refractivity contribution in [1.29, 1.82) is 0 Å². The number of ether oxygens (including phenoxy) is 1. The molecule has 0 bridgehead atoms. The Morgan fingerprint density at radius 2 is 1.92 bits per heavy atom. The summed E-state index contributed by atoms with van der Waals surface area (Å²) in [6, 6.07) is 18.0. The van der Waals surface area contributed by atoms with Crippen LogP contribution >= 0.6 is 0 Å². The lowest BCUT2D eigenvalue weighted by Crippen LogP contribution is -2.00. The average Bonchev–Trinajstić information content (AvgIpc) is 2.99. The van der Waals surface area contributed by atoms with Crippen LogP contribution in [0.5, 0.6) is 0 Å². The van der Waals surface area contributed by atoms with E-state index in [2.05, 4.69) is 0 Å². The molecule has 0 unspecified atom stereocenters. The van der Waals surface area contributed by atoms with Crippen molar-refractivity contribution in [1.82, 2.24) is 9.55 Å². The minimum atomic E-state index is -0.342. The Kier molecular flexibility index (Phi) is 3.31. The normalized spacial score (nSPS) is 11.1. The maximum Gasteiger partial charge on any atom is 0.340 e. The SMILES string of the molecule is COC(=O)c1cn(-c2ccc3ccccc3n2)c2ccc(C)cc12. The van der Waals surface area contributed by atoms with Gasteiger partial charge < -0.3 is 9.30 Å². The van der Waals surface area contributed by atoms with Crippen LogP contribution in [-0.2, 0) is 4.74 Å². The third kappa shape index (κ3) is 2.24. The number of benzene rings is 2. The molecule has 0 N–H and O–H groups in total. The van der Waals surface area contributed by atoms with Crippen LogP contribution in [0.25, 0.3) is 27.6 Å². The molecule has 0 amide bonds. The topological polar surface area (TPSA) is 44.1 Å². The van der Waals surface area contributed by atoms with E-state index in [1.54, 1.807) is 6.20 Å². The van der Waals surface area contributed by atoms with Gasteiger partial charge in [0.1, 0.15) is 5.82 Å². The van der Waals surface area contributed by atoms with E-state index in [0.717, 1.165) is 33.2 Å². The molecule has 24 heavy (non-hydrogen) atoms. The van der Waals surface area contributed by atoms with Gasteiger partial charge in [-0.3, -0.25) is 0 Å². The third-order valence-corrected chi connectivity index (χ3v) is 4.20. The van der Waals surface area contributed by atoms with Crippen molar-refractivity contribution in [2.45, 2.75) is 6.92 Å². The Morgan fingerprint density at radius 1 is 1.08 bits per heavy atom. The van der Waals surface area contributed by atoms with Crippen LogP contribution in [0.3, 0.4) is 0 Å². The molecule has 118 valence electrons. The number of para-hydroxylation sites is 1. The largest absolute Gasteiger partial charge is 0.465 e. The number of carbonyl (C=O) groups is 1. The van der Waals surface area contributed by atoms with Crippen LogP contribution in [0.2, 0.25) is 0 Å². The Labute approximate surface area is 139 Å². The number of esters is 1. The number of pyridine rings is 1. The highest BCUT2D eigenvalue weighted by Crippen LogP contribution is 2.27. The summed E-state index contributed by atoms with van der Waals surface area (Å²) in [4.78, 5) is 16.9. The highest BCUT2D eigenvalue weighted by Gasteiger charge is 2.17. The van der Waals surface area contributed by atoms with Crippen molar-refractivity contribution >= 4 is 27.8 Å². The molecule has 0 radical (unpaired) electrons. The smallest absolute Gasteiger partial charge is 0.340 e. The zero-order valence-electron chi connectivity index (χ0n) is 13.5. The molecule has 2 aromatic carbocycles. The number of hydrogen-bond acceptors (Lipinski definition) is 3. The summed E-state index contributed by atoms with van der Waals surface area (Å²) >= 11 is 0. The van der Waals surface area contributed by atoms with Crippen molar-refractivity contribution in [3.8, 4) is 5.82 Å². The molecule has 4 rings (SSSR count). The summed E-state index contributed by atoms with van der Waals surface area (Å²) in [5.74, 6) is 0.433. The minimum absolute atomic E-state index is 0.342. The number of nitrogens with zero attached hydrogens (tertiary/aromatic N) is 2. The fourth-order valence-corrected chi connectivity index (χ4v) is 3.00. The molecule has 0 atom stereocenters. The molecule has 4 aromatic rings. The quantitative estimate of drug-likeness (QED) is 0.519. The lowest BCUT2D eigenvalue weighted by atomic mass is 10.1. The number of fused-ring (bicyclic) bond motifs is 2. The molecule has 2 heterocycles. The molecule has 0 aliphatic rings. The molecule has 4 nitrogen and oxygen atoms in total. The van der Waals surface area contributed by atoms with Crippen molar-refractivity contribution in [3.05, 3.63) is 71.9 Å². The van der Waals surface area contributed by atoms with E-state index in [-0.39, 0.29) is 5.97 Å². The molecule has 0 fully saturated rings. The predicted molar refractivity (Wildman–Crippen MR) is 94.7 cm³/mol. The van der Waals surface area contributed by atoms with Crippen molar-refractivity contribution < 1.29 is 9.53 Å². The Bertz CT molecular complexity index is 1080. The standard InChI is InChI=1S/C20H16N2O2/c1-13-7-9-18-15(11-13)16(20(23)24-2)12-22(18)19-10-8-14-5-3-4-6-17(14)21-19/h3-12H,1-2H3. The second-order valence-electron chi connectivity index (χ2n) is 5.79. The molecule has 0 aliphatic carbocycles. The van der Waals surface area contributed by atoms with E-state index in [0.29, 0.717) is 5.56 Å². The molecular weight excluding hydrogens is 300 g/mol. The highest BCUT2D eigenvalue weighted by molar-refractivity contribution is 6.05. The van der Waals surface area contributed by atoms with Gasteiger partial charge in [0.05, 0.1) is 23.7 Å². The first-order valence-corrected chi connectivity index (χ1v) is 7.73. The highest BCUT2D eigenvalue weighted by atomic mass is 16.5. The van der Waals surface area contributed by atoms with Gasteiger partial charge in [-0.1, -0.05) is 29.8 Å². The van der Waals surface area contributed by atoms with E-state index >= 15 is 0 Å². The van der Waals surface area contributed by atoms with Crippen molar-refractivity contribution in [3.63, 3.8) is 0 Å². The molecule has 0 aliphatic heterocycles. The van der Waals surface area contributed by atoms with Gasteiger partial charge in [0.2, 0.25) is 0 Å². The Morgan fingerprint density at radius 3 is 2.75 bits per heavy atom. The van der Waals surface area contributed by atoms with Gasteiger partial charge in [0, 0.05) is 17.0 Å². The van der Waals surface area contributed by atoms with Crippen LogP contribution < -0.4 is 0 Å². The predicted octanol–water partition coefficient (Wildman–Crippen LogP) is 4.27. The van der Waals surface area contributed by atoms with Crippen molar-refractivity contribution in [2.75, 3.05) is 7.11 Å². The average molecular weight is 316 g/mol. The fourth-order valence-electron chi connectivity index (χ4n) is 3.00. The molecular formula is C20H16N2O2. The first-order chi connectivity index (χ1) is 11.7. The number of aryl methyl sites for hydroxylation is 1. The second-order valence-corrected chi connectivity index (χ2v) is 5.79. The van der Waals surface area contributed by atoms with Gasteiger partial charge in [-0.25, -0.2) is 9.78 Å². The number of hydrogen-bond donors (Lipinski definition) is 0. The first-order valence-electron chi connectivity index (χ1n) is 7.73. The number of rotatable bonds is 2. The molecule has 2 aromatic heterocycles. The lowest BCUT2D eigenvalue weighted by molar-refractivity contribution is 0.0603. The van der Waals surface area contributed by atoms with Gasteiger partial charge in [0.25, 0.3) is 0 Å². The number of methoxy groups -OCH3 is 1. The van der Waals surface area contributed by atoms with E-state index in [4.69, 9.17) is 9.72 Å². The van der Waals surface area contributed by atoms with Gasteiger partial charge in [0.15, 0.2) is 0 Å². The van der Waals surface area contributed by atoms with Crippen molar-refractivity contribution in [2.24, 2.45) is 0 Å². The number of aromatic nitrogens is 2. The van der Waals surface area contributed by atoms with Gasteiger partial charge >= 0.3 is 5.97 Å². The van der Waals surface area contributed by atoms with E-state index in [9.17, 15) is 4.79 Å². The minimum Gasteiger partial charge on any atom is -0.465 e. The lowest BCUT2D eigenvalue weighted by Gasteiger charge is -2.06. The summed E-state index contributed by atoms with van der Waals surface area (Å²) in [6.07, 6.45) is 1.80. The molecule has 0 spiro atoms. The van der Waals surface area contributed by atoms with Crippen LogP contribution in [0.15, 0.2) is 60.8 Å². The van der Waals surface area contributed by atoms with Gasteiger partial charge in [-0.05, 0) is 37.3 Å². The number of carbonyl (C=O) groups excluding carboxylic acids is 1. The summed E-state index contributed by atoms with van der Waals surface area (Å²) < 4.78 is 6.87. The summed E-state index contributed by atoms with van der Waals surface area (Å²) in [5.41, 5.74) is 3.50. The van der Waals surface area contributed by atoms with Gasteiger partial charge in [-0.15, -0.1) is 0 Å². The van der Waals surface area contributed by atoms with E-state index < -0.39 is 0 Å². The van der Waals surface area contributed by atoms with Gasteiger partial charge in [-0.2, -0.15) is 0 Å². The first kappa shape index (κ1) is 14.5. The summed E-state index contributed by atoms with van der Waals surface area (Å²) in [7, 11) is 1.40. The van der Waals surface area contributed by atoms with Crippen LogP contribution in [-0.4, -0.2) is 22.6 Å². The maximum absolute atomic E-state index is 12.1. The third-order valence-electron chi connectivity index (χ3n) is 4.20. The summed E-state index contributed by atoms with van der Waals surface area (Å²) in [6.45, 7) is 2.01. The van der Waals surface area contributed by atoms with E-state index in [1.807, 2.05) is 66.1 Å². The maximum atomic E-state index is 12.1. The molecule has 4 heteroatoms. The molecule has 0 saturated carbocycles. The Hall–Kier alpha value is -3.14. The van der Waals surface area contributed by atoms with Crippen LogP contribution in [0.4, 0.5) is 0 Å².